The molecule has 0 radical (unpaired) electrons. The Labute approximate surface area is 148 Å². The van der Waals surface area contributed by atoms with Crippen LogP contribution in [0.5, 0.6) is 5.75 Å². The fourth-order valence-electron chi connectivity index (χ4n) is 3.27. The average molecular weight is 333 g/mol. The number of rotatable bonds is 6. The normalized spacial score (nSPS) is 15.1. The Balaban J connectivity index is 1.34. The molecule has 0 amide bonds. The first-order chi connectivity index (χ1) is 12.3. The predicted molar refractivity (Wildman–Crippen MR) is 98.6 cm³/mol. The number of aromatic nitrogens is 2. The van der Waals surface area contributed by atoms with E-state index in [0.29, 0.717) is 6.10 Å². The van der Waals surface area contributed by atoms with Crippen molar-refractivity contribution in [2.75, 3.05) is 13.1 Å². The molecule has 1 aliphatic heterocycles. The molecule has 1 aromatic heterocycles. The predicted octanol–water partition coefficient (Wildman–Crippen LogP) is 3.50. The van der Waals surface area contributed by atoms with Gasteiger partial charge < -0.3 is 4.74 Å². The number of benzene rings is 2. The SMILES string of the molecule is Cc1ccccc1OC1CN(Cc2ccccc2Cn2cccn2)C1. The molecule has 4 heteroatoms. The number of hydrogen-bond acceptors (Lipinski definition) is 3. The first kappa shape index (κ1) is 15.9. The van der Waals surface area contributed by atoms with Crippen LogP contribution in [0.4, 0.5) is 0 Å². The van der Waals surface area contributed by atoms with Crippen molar-refractivity contribution in [3.05, 3.63) is 83.7 Å². The molecule has 3 aromatic rings. The minimum atomic E-state index is 0.291. The smallest absolute Gasteiger partial charge is 0.124 e. The molecule has 1 saturated heterocycles. The minimum absolute atomic E-state index is 0.291. The van der Waals surface area contributed by atoms with Crippen molar-refractivity contribution in [2.45, 2.75) is 26.1 Å². The summed E-state index contributed by atoms with van der Waals surface area (Å²) in [5.74, 6) is 1.01. The molecule has 0 aliphatic carbocycles. The van der Waals surface area contributed by atoms with Crippen molar-refractivity contribution in [1.29, 1.82) is 0 Å². The minimum Gasteiger partial charge on any atom is -0.487 e. The fraction of sp³-hybridized carbons (Fsp3) is 0.286. The molecule has 0 atom stereocenters. The lowest BCUT2D eigenvalue weighted by atomic mass is 10.0. The summed E-state index contributed by atoms with van der Waals surface area (Å²) in [4.78, 5) is 2.44. The van der Waals surface area contributed by atoms with Gasteiger partial charge in [0.05, 0.1) is 6.54 Å². The number of likely N-dealkylation sites (tertiary alicyclic amines) is 1. The summed E-state index contributed by atoms with van der Waals surface area (Å²) in [5, 5.41) is 4.32. The van der Waals surface area contributed by atoms with Crippen LogP contribution in [0, 0.1) is 6.92 Å². The van der Waals surface area contributed by atoms with Crippen LogP contribution in [-0.2, 0) is 13.1 Å². The zero-order valence-electron chi connectivity index (χ0n) is 14.5. The fourth-order valence-corrected chi connectivity index (χ4v) is 3.27. The third kappa shape index (κ3) is 3.74. The molecule has 2 heterocycles. The molecule has 128 valence electrons. The van der Waals surface area contributed by atoms with Gasteiger partial charge in [0.1, 0.15) is 11.9 Å². The second-order valence-corrected chi connectivity index (χ2v) is 6.67. The Bertz CT molecular complexity index is 823. The van der Waals surface area contributed by atoms with E-state index in [4.69, 9.17) is 4.74 Å². The topological polar surface area (TPSA) is 30.3 Å². The summed E-state index contributed by atoms with van der Waals surface area (Å²) < 4.78 is 8.08. The first-order valence-electron chi connectivity index (χ1n) is 8.77. The van der Waals surface area contributed by atoms with E-state index >= 15 is 0 Å². The molecule has 0 unspecified atom stereocenters. The summed E-state index contributed by atoms with van der Waals surface area (Å²) in [6.07, 6.45) is 4.12. The highest BCUT2D eigenvalue weighted by Crippen LogP contribution is 2.23. The summed E-state index contributed by atoms with van der Waals surface area (Å²) >= 11 is 0. The van der Waals surface area contributed by atoms with E-state index in [2.05, 4.69) is 53.3 Å². The second kappa shape index (κ2) is 7.11. The molecular formula is C21H23N3O. The van der Waals surface area contributed by atoms with Crippen LogP contribution in [0.2, 0.25) is 0 Å². The number of para-hydroxylation sites is 1. The van der Waals surface area contributed by atoms with E-state index in [1.807, 2.05) is 35.3 Å². The van der Waals surface area contributed by atoms with Gasteiger partial charge in [0.25, 0.3) is 0 Å². The molecule has 0 bridgehead atoms. The maximum Gasteiger partial charge on any atom is 0.124 e. The van der Waals surface area contributed by atoms with Gasteiger partial charge in [0, 0.05) is 32.0 Å². The molecule has 1 fully saturated rings. The lowest BCUT2D eigenvalue weighted by Gasteiger charge is -2.39. The number of hydrogen-bond donors (Lipinski definition) is 0. The highest BCUT2D eigenvalue weighted by Gasteiger charge is 2.29. The van der Waals surface area contributed by atoms with Crippen molar-refractivity contribution < 1.29 is 4.74 Å². The third-order valence-electron chi connectivity index (χ3n) is 4.71. The summed E-state index contributed by atoms with van der Waals surface area (Å²) in [6, 6.07) is 18.8. The molecule has 4 nitrogen and oxygen atoms in total. The van der Waals surface area contributed by atoms with Gasteiger partial charge in [-0.2, -0.15) is 5.10 Å². The van der Waals surface area contributed by atoms with Crippen molar-refractivity contribution in [1.82, 2.24) is 14.7 Å². The number of ether oxygens (including phenoxy) is 1. The van der Waals surface area contributed by atoms with Crippen LogP contribution in [-0.4, -0.2) is 33.9 Å². The van der Waals surface area contributed by atoms with Gasteiger partial charge in [0.15, 0.2) is 0 Å². The lowest BCUT2D eigenvalue weighted by Crippen LogP contribution is -2.53. The second-order valence-electron chi connectivity index (χ2n) is 6.67. The number of aryl methyl sites for hydroxylation is 1. The Hall–Kier alpha value is -2.59. The van der Waals surface area contributed by atoms with Crippen LogP contribution in [0.25, 0.3) is 0 Å². The monoisotopic (exact) mass is 333 g/mol. The van der Waals surface area contributed by atoms with Gasteiger partial charge in [-0.05, 0) is 35.7 Å². The van der Waals surface area contributed by atoms with E-state index in [1.165, 1.54) is 16.7 Å². The van der Waals surface area contributed by atoms with E-state index < -0.39 is 0 Å². The Kier molecular flexibility index (Phi) is 4.53. The van der Waals surface area contributed by atoms with Gasteiger partial charge in [0.2, 0.25) is 0 Å². The van der Waals surface area contributed by atoms with Crippen molar-refractivity contribution >= 4 is 0 Å². The van der Waals surface area contributed by atoms with Crippen LogP contribution >= 0.6 is 0 Å². The molecule has 0 N–H and O–H groups in total. The average Bonchev–Trinajstić information content (AvgIpc) is 3.09. The summed E-state index contributed by atoms with van der Waals surface area (Å²) in [6.45, 7) is 5.83. The van der Waals surface area contributed by atoms with Gasteiger partial charge in [-0.25, -0.2) is 0 Å². The van der Waals surface area contributed by atoms with Crippen molar-refractivity contribution in [3.63, 3.8) is 0 Å². The lowest BCUT2D eigenvalue weighted by molar-refractivity contribution is 0.0140. The zero-order chi connectivity index (χ0) is 17.1. The van der Waals surface area contributed by atoms with Crippen LogP contribution in [0.3, 0.4) is 0 Å². The van der Waals surface area contributed by atoms with E-state index in [9.17, 15) is 0 Å². The first-order valence-corrected chi connectivity index (χ1v) is 8.77. The Morgan fingerprint density at radius 2 is 1.68 bits per heavy atom. The molecule has 0 spiro atoms. The van der Waals surface area contributed by atoms with Crippen LogP contribution < -0.4 is 4.74 Å². The molecule has 4 rings (SSSR count). The van der Waals surface area contributed by atoms with E-state index in [1.54, 1.807) is 0 Å². The standard InChI is InChI=1S/C21H23N3O/c1-17-7-2-5-10-21(17)25-20-15-23(16-20)13-18-8-3-4-9-19(18)14-24-12-6-11-22-24/h2-12,20H,13-16H2,1H3. The third-order valence-corrected chi connectivity index (χ3v) is 4.71. The van der Waals surface area contributed by atoms with E-state index in [-0.39, 0.29) is 0 Å². The molecule has 2 aromatic carbocycles. The zero-order valence-corrected chi connectivity index (χ0v) is 14.5. The Morgan fingerprint density at radius 1 is 0.960 bits per heavy atom. The quantitative estimate of drug-likeness (QED) is 0.692. The van der Waals surface area contributed by atoms with Gasteiger partial charge in [-0.1, -0.05) is 42.5 Å². The summed E-state index contributed by atoms with van der Waals surface area (Å²) in [7, 11) is 0. The maximum absolute atomic E-state index is 6.11. The van der Waals surface area contributed by atoms with Gasteiger partial charge in [-0.3, -0.25) is 9.58 Å². The highest BCUT2D eigenvalue weighted by molar-refractivity contribution is 5.32. The van der Waals surface area contributed by atoms with Gasteiger partial charge in [-0.15, -0.1) is 0 Å². The summed E-state index contributed by atoms with van der Waals surface area (Å²) in [5.41, 5.74) is 3.90. The van der Waals surface area contributed by atoms with Crippen LogP contribution in [0.1, 0.15) is 16.7 Å². The van der Waals surface area contributed by atoms with Gasteiger partial charge >= 0.3 is 0 Å². The van der Waals surface area contributed by atoms with E-state index in [0.717, 1.165) is 31.9 Å². The largest absolute Gasteiger partial charge is 0.487 e. The maximum atomic E-state index is 6.11. The molecular weight excluding hydrogens is 310 g/mol. The van der Waals surface area contributed by atoms with Crippen LogP contribution in [0.15, 0.2) is 67.0 Å². The highest BCUT2D eigenvalue weighted by atomic mass is 16.5. The van der Waals surface area contributed by atoms with Crippen molar-refractivity contribution in [2.24, 2.45) is 0 Å². The Morgan fingerprint density at radius 3 is 2.40 bits per heavy atom. The molecule has 1 aliphatic rings. The number of nitrogens with zero attached hydrogens (tertiary/aromatic N) is 3. The molecule has 25 heavy (non-hydrogen) atoms. The molecule has 0 saturated carbocycles. The van der Waals surface area contributed by atoms with Crippen molar-refractivity contribution in [3.8, 4) is 5.75 Å².